The van der Waals surface area contributed by atoms with Gasteiger partial charge < -0.3 is 10.1 Å². The fraction of sp³-hybridized carbons (Fsp3) is 0.333. The number of esters is 1. The number of carbonyl (C=O) groups excluding carboxylic acids is 2. The number of carbonyl (C=O) groups is 2. The number of halogens is 3. The first-order chi connectivity index (χ1) is 8.99. The minimum Gasteiger partial charge on any atom is -0.455 e. The third-order valence-corrected chi connectivity index (χ3v) is 2.57. The smallest absolute Gasteiger partial charge is 0.309 e. The van der Waals surface area contributed by atoms with Crippen molar-refractivity contribution in [3.8, 4) is 0 Å². The first-order valence-corrected chi connectivity index (χ1v) is 5.59. The van der Waals surface area contributed by atoms with Gasteiger partial charge in [0.1, 0.15) is 0 Å². The molecule has 2 rings (SSSR count). The van der Waals surface area contributed by atoms with Gasteiger partial charge >= 0.3 is 5.97 Å². The highest BCUT2D eigenvalue weighted by molar-refractivity contribution is 5.93. The zero-order chi connectivity index (χ0) is 14.0. The number of nitrogens with one attached hydrogen (secondary N) is 1. The summed E-state index contributed by atoms with van der Waals surface area (Å²) < 4.78 is 43.4. The third-order valence-electron chi connectivity index (χ3n) is 2.57. The highest BCUT2D eigenvalue weighted by atomic mass is 19.2. The van der Waals surface area contributed by atoms with Gasteiger partial charge in [0.25, 0.3) is 5.91 Å². The predicted octanol–water partition coefficient (Wildman–Crippen LogP) is 2.00. The van der Waals surface area contributed by atoms with Gasteiger partial charge in [-0.1, -0.05) is 0 Å². The van der Waals surface area contributed by atoms with Crippen LogP contribution in [0.5, 0.6) is 0 Å². The monoisotopic (exact) mass is 273 g/mol. The molecule has 1 fully saturated rings. The van der Waals surface area contributed by atoms with Crippen molar-refractivity contribution in [3.05, 3.63) is 29.6 Å². The first-order valence-electron chi connectivity index (χ1n) is 5.59. The van der Waals surface area contributed by atoms with Gasteiger partial charge in [0.15, 0.2) is 24.1 Å². The lowest BCUT2D eigenvalue weighted by molar-refractivity contribution is -0.148. The van der Waals surface area contributed by atoms with Crippen molar-refractivity contribution >= 4 is 17.6 Å². The summed E-state index contributed by atoms with van der Waals surface area (Å²) in [6.07, 6.45) is 1.47. The minimum absolute atomic E-state index is 0.159. The van der Waals surface area contributed by atoms with Crippen LogP contribution in [0.25, 0.3) is 0 Å². The van der Waals surface area contributed by atoms with Crippen LogP contribution in [0.1, 0.15) is 12.8 Å². The molecule has 4 nitrogen and oxygen atoms in total. The maximum atomic E-state index is 13.2. The normalized spacial score (nSPS) is 14.1. The standard InChI is InChI=1S/C12H10F3NO3/c13-7-3-4-8(11(15)10(7)14)16-9(17)5-19-12(18)6-1-2-6/h3-4,6H,1-2,5H2,(H,16,17). The molecule has 0 unspecified atom stereocenters. The van der Waals surface area contributed by atoms with E-state index in [0.29, 0.717) is 6.07 Å². The molecule has 0 atom stereocenters. The maximum absolute atomic E-state index is 13.2. The van der Waals surface area contributed by atoms with Crippen molar-refractivity contribution in [1.29, 1.82) is 0 Å². The lowest BCUT2D eigenvalue weighted by Crippen LogP contribution is -2.22. The molecule has 1 saturated carbocycles. The Morgan fingerprint density at radius 3 is 2.53 bits per heavy atom. The quantitative estimate of drug-likeness (QED) is 0.674. The molecule has 7 heteroatoms. The second kappa shape index (κ2) is 5.29. The zero-order valence-corrected chi connectivity index (χ0v) is 9.71. The Bertz CT molecular complexity index is 529. The van der Waals surface area contributed by atoms with Gasteiger partial charge in [-0.05, 0) is 25.0 Å². The summed E-state index contributed by atoms with van der Waals surface area (Å²) in [5.41, 5.74) is -0.508. The molecule has 0 aliphatic heterocycles. The number of amides is 1. The van der Waals surface area contributed by atoms with Crippen LogP contribution in [0.3, 0.4) is 0 Å². The molecule has 0 aromatic heterocycles. The molecule has 0 saturated heterocycles. The fourth-order valence-electron chi connectivity index (χ4n) is 1.38. The molecule has 0 spiro atoms. The van der Waals surface area contributed by atoms with Gasteiger partial charge in [0, 0.05) is 0 Å². The van der Waals surface area contributed by atoms with Crippen molar-refractivity contribution < 1.29 is 27.5 Å². The summed E-state index contributed by atoms with van der Waals surface area (Å²) in [5.74, 6) is -5.99. The van der Waals surface area contributed by atoms with Crippen LogP contribution >= 0.6 is 0 Å². The Morgan fingerprint density at radius 2 is 1.89 bits per heavy atom. The second-order valence-corrected chi connectivity index (χ2v) is 4.15. The van der Waals surface area contributed by atoms with E-state index in [1.165, 1.54) is 0 Å². The average Bonchev–Trinajstić information content (AvgIpc) is 3.21. The summed E-state index contributed by atoms with van der Waals surface area (Å²) in [7, 11) is 0. The zero-order valence-electron chi connectivity index (χ0n) is 9.71. The summed E-state index contributed by atoms with van der Waals surface area (Å²) >= 11 is 0. The largest absolute Gasteiger partial charge is 0.455 e. The molecular formula is C12H10F3NO3. The summed E-state index contributed by atoms with van der Waals surface area (Å²) in [5, 5.41) is 2.00. The number of anilines is 1. The number of benzene rings is 1. The molecule has 102 valence electrons. The van der Waals surface area contributed by atoms with E-state index in [1.807, 2.05) is 5.32 Å². The van der Waals surface area contributed by atoms with Crippen LogP contribution in [0.15, 0.2) is 12.1 Å². The van der Waals surface area contributed by atoms with Crippen LogP contribution in [-0.2, 0) is 14.3 Å². The van der Waals surface area contributed by atoms with E-state index in [4.69, 9.17) is 0 Å². The number of ether oxygens (including phenoxy) is 1. The van der Waals surface area contributed by atoms with Crippen LogP contribution < -0.4 is 5.32 Å². The van der Waals surface area contributed by atoms with Gasteiger partial charge in [-0.2, -0.15) is 0 Å². The second-order valence-electron chi connectivity index (χ2n) is 4.15. The maximum Gasteiger partial charge on any atom is 0.309 e. The van der Waals surface area contributed by atoms with E-state index < -0.39 is 41.6 Å². The highest BCUT2D eigenvalue weighted by Gasteiger charge is 2.31. The van der Waals surface area contributed by atoms with Crippen molar-refractivity contribution in [2.24, 2.45) is 5.92 Å². The van der Waals surface area contributed by atoms with Crippen molar-refractivity contribution in [2.75, 3.05) is 11.9 Å². The van der Waals surface area contributed by atoms with E-state index >= 15 is 0 Å². The molecule has 0 bridgehead atoms. The van der Waals surface area contributed by atoms with Gasteiger partial charge in [0.05, 0.1) is 11.6 Å². The Hall–Kier alpha value is -2.05. The predicted molar refractivity (Wildman–Crippen MR) is 58.6 cm³/mol. The number of hydrogen-bond donors (Lipinski definition) is 1. The number of rotatable bonds is 4. The fourth-order valence-corrected chi connectivity index (χ4v) is 1.38. The van der Waals surface area contributed by atoms with Crippen LogP contribution in [0.2, 0.25) is 0 Å². The lowest BCUT2D eigenvalue weighted by Gasteiger charge is -2.07. The molecule has 1 N–H and O–H groups in total. The Morgan fingerprint density at radius 1 is 1.21 bits per heavy atom. The van der Waals surface area contributed by atoms with Crippen LogP contribution in [0, 0.1) is 23.4 Å². The van der Waals surface area contributed by atoms with Crippen molar-refractivity contribution in [3.63, 3.8) is 0 Å². The molecule has 1 amide bonds. The van der Waals surface area contributed by atoms with Gasteiger partial charge in [0.2, 0.25) is 0 Å². The minimum atomic E-state index is -1.67. The van der Waals surface area contributed by atoms with Gasteiger partial charge in [-0.15, -0.1) is 0 Å². The van der Waals surface area contributed by atoms with Gasteiger partial charge in [-0.25, -0.2) is 13.2 Å². The van der Waals surface area contributed by atoms with E-state index in [-0.39, 0.29) is 5.92 Å². The molecule has 1 aromatic rings. The first kappa shape index (κ1) is 13.4. The Balaban J connectivity index is 1.91. The molecule has 0 heterocycles. The molecule has 1 aliphatic carbocycles. The summed E-state index contributed by atoms with van der Waals surface area (Å²) in [6.45, 7) is -0.590. The Labute approximate surface area is 106 Å². The van der Waals surface area contributed by atoms with E-state index in [9.17, 15) is 22.8 Å². The average molecular weight is 273 g/mol. The topological polar surface area (TPSA) is 55.4 Å². The Kier molecular flexibility index (Phi) is 3.73. The molecule has 19 heavy (non-hydrogen) atoms. The third kappa shape index (κ3) is 3.24. The van der Waals surface area contributed by atoms with E-state index in [0.717, 1.165) is 18.9 Å². The van der Waals surface area contributed by atoms with E-state index in [1.54, 1.807) is 0 Å². The molecular weight excluding hydrogens is 263 g/mol. The van der Waals surface area contributed by atoms with Crippen molar-refractivity contribution in [1.82, 2.24) is 0 Å². The SMILES string of the molecule is O=C(COC(=O)C1CC1)Nc1ccc(F)c(F)c1F. The van der Waals surface area contributed by atoms with Gasteiger partial charge in [-0.3, -0.25) is 9.59 Å². The summed E-state index contributed by atoms with van der Waals surface area (Å²) in [6, 6.07) is 1.57. The van der Waals surface area contributed by atoms with Crippen LogP contribution in [-0.4, -0.2) is 18.5 Å². The molecule has 0 radical (unpaired) electrons. The van der Waals surface area contributed by atoms with Crippen LogP contribution in [0.4, 0.5) is 18.9 Å². The highest BCUT2D eigenvalue weighted by Crippen LogP contribution is 2.30. The van der Waals surface area contributed by atoms with E-state index in [2.05, 4.69) is 4.74 Å². The summed E-state index contributed by atoms with van der Waals surface area (Å²) in [4.78, 5) is 22.5. The molecule has 1 aliphatic rings. The van der Waals surface area contributed by atoms with Crippen molar-refractivity contribution in [2.45, 2.75) is 12.8 Å². The molecule has 1 aromatic carbocycles. The number of hydrogen-bond acceptors (Lipinski definition) is 3. The lowest BCUT2D eigenvalue weighted by atomic mass is 10.3.